The molecule has 0 radical (unpaired) electrons. The Labute approximate surface area is 115 Å². The second-order valence-corrected chi connectivity index (χ2v) is 3.96. The van der Waals surface area contributed by atoms with Crippen molar-refractivity contribution in [1.29, 1.82) is 0 Å². The van der Waals surface area contributed by atoms with Crippen molar-refractivity contribution in [2.75, 3.05) is 6.54 Å². The van der Waals surface area contributed by atoms with E-state index in [1.165, 1.54) is 0 Å². The van der Waals surface area contributed by atoms with E-state index >= 15 is 0 Å². The molecule has 0 aliphatic rings. The van der Waals surface area contributed by atoms with Gasteiger partial charge in [0.05, 0.1) is 5.70 Å². The molecule has 4 nitrogen and oxygen atoms in total. The predicted octanol–water partition coefficient (Wildman–Crippen LogP) is 2.68. The van der Waals surface area contributed by atoms with Crippen LogP contribution in [0, 0.1) is 0 Å². The van der Waals surface area contributed by atoms with Crippen LogP contribution in [0.3, 0.4) is 0 Å². The van der Waals surface area contributed by atoms with E-state index < -0.39 is 0 Å². The normalized spacial score (nSPS) is 13.5. The largest absolute Gasteiger partial charge is 0.355 e. The van der Waals surface area contributed by atoms with Gasteiger partial charge in [-0.05, 0) is 32.4 Å². The SMILES string of the molecule is C=C/C(C)=C(\C=C/CNC=O)N/N=C(\C)C/C=C\C. The first kappa shape index (κ1) is 16.9. The van der Waals surface area contributed by atoms with Crippen molar-refractivity contribution in [2.45, 2.75) is 27.2 Å². The third-order valence-corrected chi connectivity index (χ3v) is 2.35. The molecule has 0 saturated carbocycles. The van der Waals surface area contributed by atoms with Gasteiger partial charge in [-0.1, -0.05) is 30.9 Å². The molecule has 0 aromatic rings. The van der Waals surface area contributed by atoms with Gasteiger partial charge in [0.2, 0.25) is 6.41 Å². The van der Waals surface area contributed by atoms with Crippen LogP contribution in [-0.4, -0.2) is 18.7 Å². The van der Waals surface area contributed by atoms with Crippen LogP contribution in [0.5, 0.6) is 0 Å². The average Bonchev–Trinajstić information content (AvgIpc) is 2.43. The molecule has 0 fully saturated rings. The Hall–Kier alpha value is -2.10. The summed E-state index contributed by atoms with van der Waals surface area (Å²) >= 11 is 0. The fourth-order valence-corrected chi connectivity index (χ4v) is 1.15. The number of nitrogens with one attached hydrogen (secondary N) is 2. The molecule has 0 heterocycles. The first-order valence-corrected chi connectivity index (χ1v) is 6.22. The van der Waals surface area contributed by atoms with Gasteiger partial charge in [-0.15, -0.1) is 0 Å². The minimum Gasteiger partial charge on any atom is -0.355 e. The van der Waals surface area contributed by atoms with Gasteiger partial charge in [0.15, 0.2) is 0 Å². The lowest BCUT2D eigenvalue weighted by Gasteiger charge is -2.06. The van der Waals surface area contributed by atoms with Crippen molar-refractivity contribution < 1.29 is 4.79 Å². The van der Waals surface area contributed by atoms with E-state index in [1.54, 1.807) is 6.08 Å². The topological polar surface area (TPSA) is 53.5 Å². The van der Waals surface area contributed by atoms with Crippen molar-refractivity contribution in [3.05, 3.63) is 48.2 Å². The zero-order chi connectivity index (χ0) is 14.5. The number of rotatable bonds is 9. The monoisotopic (exact) mass is 261 g/mol. The third kappa shape index (κ3) is 8.60. The molecule has 0 atom stereocenters. The van der Waals surface area contributed by atoms with E-state index in [1.807, 2.05) is 45.1 Å². The third-order valence-electron chi connectivity index (χ3n) is 2.35. The Morgan fingerprint density at radius 3 is 2.63 bits per heavy atom. The minimum absolute atomic E-state index is 0.486. The molecule has 0 spiro atoms. The molecule has 0 unspecified atom stereocenters. The molecule has 0 bridgehead atoms. The van der Waals surface area contributed by atoms with Crippen LogP contribution in [0.25, 0.3) is 0 Å². The first-order valence-electron chi connectivity index (χ1n) is 6.22. The average molecular weight is 261 g/mol. The van der Waals surface area contributed by atoms with E-state index in [0.29, 0.717) is 13.0 Å². The van der Waals surface area contributed by atoms with Gasteiger partial charge in [0.1, 0.15) is 0 Å². The van der Waals surface area contributed by atoms with Crippen LogP contribution < -0.4 is 10.7 Å². The van der Waals surface area contributed by atoms with Crippen LogP contribution in [0.2, 0.25) is 0 Å². The first-order chi connectivity index (χ1) is 9.15. The van der Waals surface area contributed by atoms with Crippen LogP contribution >= 0.6 is 0 Å². The highest BCUT2D eigenvalue weighted by Gasteiger charge is 1.95. The van der Waals surface area contributed by atoms with Gasteiger partial charge >= 0.3 is 0 Å². The quantitative estimate of drug-likeness (QED) is 0.167. The lowest BCUT2D eigenvalue weighted by atomic mass is 10.2. The van der Waals surface area contributed by atoms with Gasteiger partial charge in [0, 0.05) is 18.7 Å². The Balaban J connectivity index is 4.67. The van der Waals surface area contributed by atoms with Crippen LogP contribution in [0.1, 0.15) is 27.2 Å². The summed E-state index contributed by atoms with van der Waals surface area (Å²) in [6.07, 6.45) is 11.0. The van der Waals surface area contributed by atoms with Crippen molar-refractivity contribution in [2.24, 2.45) is 5.10 Å². The summed E-state index contributed by atoms with van der Waals surface area (Å²) in [5.74, 6) is 0. The van der Waals surface area contributed by atoms with Crippen LogP contribution in [0.4, 0.5) is 0 Å². The molecular formula is C15H23N3O. The van der Waals surface area contributed by atoms with E-state index in [2.05, 4.69) is 22.4 Å². The van der Waals surface area contributed by atoms with Crippen molar-refractivity contribution in [3.8, 4) is 0 Å². The van der Waals surface area contributed by atoms with Crippen molar-refractivity contribution >= 4 is 12.1 Å². The van der Waals surface area contributed by atoms with Crippen LogP contribution in [-0.2, 0) is 4.79 Å². The highest BCUT2D eigenvalue weighted by Crippen LogP contribution is 2.04. The van der Waals surface area contributed by atoms with E-state index in [9.17, 15) is 4.79 Å². The molecule has 0 rings (SSSR count). The Bertz CT molecular complexity index is 404. The molecule has 0 aliphatic heterocycles. The van der Waals surface area contributed by atoms with Crippen molar-refractivity contribution in [1.82, 2.24) is 10.7 Å². The second kappa shape index (κ2) is 11.0. The van der Waals surface area contributed by atoms with Gasteiger partial charge in [0.25, 0.3) is 0 Å². The Morgan fingerprint density at radius 1 is 1.32 bits per heavy atom. The molecule has 19 heavy (non-hydrogen) atoms. The zero-order valence-corrected chi connectivity index (χ0v) is 11.9. The molecule has 4 heteroatoms. The second-order valence-electron chi connectivity index (χ2n) is 3.96. The number of carbonyl (C=O) groups excluding carboxylic acids is 1. The van der Waals surface area contributed by atoms with Crippen molar-refractivity contribution in [3.63, 3.8) is 0 Å². The minimum atomic E-state index is 0.486. The lowest BCUT2D eigenvalue weighted by molar-refractivity contribution is -0.109. The maximum Gasteiger partial charge on any atom is 0.207 e. The molecule has 0 aliphatic carbocycles. The predicted molar refractivity (Wildman–Crippen MR) is 81.8 cm³/mol. The fraction of sp³-hybridized carbons (Fsp3) is 0.333. The molecule has 0 saturated heterocycles. The van der Waals surface area contributed by atoms with Gasteiger partial charge in [-0.2, -0.15) is 5.10 Å². The Morgan fingerprint density at radius 2 is 2.05 bits per heavy atom. The molecular weight excluding hydrogens is 238 g/mol. The number of hydrogen-bond donors (Lipinski definition) is 2. The standard InChI is InChI=1S/C15H23N3O/c1-5-7-9-14(4)17-18-15(13(3)6-2)10-8-11-16-12-19/h5-8,10,12,18H,2,9,11H2,1,3-4H3,(H,16,19)/b7-5-,10-8-,15-13+,17-14+. The van der Waals surface area contributed by atoms with Gasteiger partial charge < -0.3 is 5.32 Å². The smallest absolute Gasteiger partial charge is 0.207 e. The number of nitrogens with zero attached hydrogens (tertiary/aromatic N) is 1. The summed E-state index contributed by atoms with van der Waals surface area (Å²) in [5.41, 5.74) is 5.86. The molecule has 104 valence electrons. The van der Waals surface area contributed by atoms with E-state index in [-0.39, 0.29) is 0 Å². The molecule has 2 N–H and O–H groups in total. The van der Waals surface area contributed by atoms with Crippen LogP contribution in [0.15, 0.2) is 53.3 Å². The summed E-state index contributed by atoms with van der Waals surface area (Å²) < 4.78 is 0. The fourth-order valence-electron chi connectivity index (χ4n) is 1.15. The van der Waals surface area contributed by atoms with E-state index in [4.69, 9.17) is 0 Å². The van der Waals surface area contributed by atoms with Gasteiger partial charge in [-0.3, -0.25) is 10.2 Å². The highest BCUT2D eigenvalue weighted by atomic mass is 16.1. The molecule has 0 aromatic heterocycles. The number of hydrogen-bond acceptors (Lipinski definition) is 3. The molecule has 0 aromatic carbocycles. The summed E-state index contributed by atoms with van der Waals surface area (Å²) in [5, 5.41) is 6.86. The number of amides is 1. The number of allylic oxidation sites excluding steroid dienone is 5. The number of carbonyl (C=O) groups is 1. The highest BCUT2D eigenvalue weighted by molar-refractivity contribution is 5.83. The summed E-state index contributed by atoms with van der Waals surface area (Å²) in [4.78, 5) is 10.1. The van der Waals surface area contributed by atoms with E-state index in [0.717, 1.165) is 23.4 Å². The maximum atomic E-state index is 10.1. The van der Waals surface area contributed by atoms with Gasteiger partial charge in [-0.25, -0.2) is 0 Å². The number of hydrazone groups is 1. The lowest BCUT2D eigenvalue weighted by Crippen LogP contribution is -2.11. The molecule has 1 amide bonds. The maximum absolute atomic E-state index is 10.1. The summed E-state index contributed by atoms with van der Waals surface area (Å²) in [6.45, 7) is 10.1. The Kier molecular flexibility index (Phi) is 9.80. The summed E-state index contributed by atoms with van der Waals surface area (Å²) in [7, 11) is 0. The zero-order valence-electron chi connectivity index (χ0n) is 11.9. The summed E-state index contributed by atoms with van der Waals surface area (Å²) in [6, 6.07) is 0.